The largest absolute Gasteiger partial charge is 0.492 e. The molecule has 0 aromatic rings. The zero-order valence-electron chi connectivity index (χ0n) is 6.55. The highest BCUT2D eigenvalue weighted by Crippen LogP contribution is 2.03. The lowest BCUT2D eigenvalue weighted by Crippen LogP contribution is -2.22. The number of hydrogen-bond acceptors (Lipinski definition) is 3. The maximum Gasteiger partial charge on any atom is 0.457 e. The summed E-state index contributed by atoms with van der Waals surface area (Å²) in [6.45, 7) is 5.26. The summed E-state index contributed by atoms with van der Waals surface area (Å²) in [5, 5.41) is 0. The van der Waals surface area contributed by atoms with E-state index in [1.807, 2.05) is 13.8 Å². The highest BCUT2D eigenvalue weighted by atomic mass is 28.3. The average Bonchev–Trinajstić information content (AvgIpc) is 1.58. The Morgan fingerprint density at radius 1 is 1.70 bits per heavy atom. The molecular weight excluding hydrogens is 148 g/mol. The van der Waals surface area contributed by atoms with Crippen LogP contribution in [-0.4, -0.2) is 20.0 Å². The quantitative estimate of drug-likeness (QED) is 0.619. The van der Waals surface area contributed by atoms with Gasteiger partial charge in [-0.3, -0.25) is 4.79 Å². The van der Waals surface area contributed by atoms with E-state index in [0.29, 0.717) is 12.0 Å². The van der Waals surface area contributed by atoms with Crippen LogP contribution in [-0.2, 0) is 9.22 Å². The molecule has 1 N–H and O–H groups in total. The molecule has 0 fully saturated rings. The Morgan fingerprint density at radius 3 is 2.50 bits per heavy atom. The first-order valence-electron chi connectivity index (χ1n) is 3.25. The predicted octanol–water partition coefficient (Wildman–Crippen LogP) is 0.686. The van der Waals surface area contributed by atoms with Crippen molar-refractivity contribution in [1.82, 2.24) is 0 Å². The van der Waals surface area contributed by atoms with Crippen molar-refractivity contribution in [2.45, 2.75) is 26.8 Å². The van der Waals surface area contributed by atoms with E-state index in [1.54, 1.807) is 0 Å². The van der Waals surface area contributed by atoms with Gasteiger partial charge in [-0.25, -0.2) is 0 Å². The molecule has 0 aliphatic rings. The van der Waals surface area contributed by atoms with Crippen LogP contribution in [0.4, 0.5) is 0 Å². The van der Waals surface area contributed by atoms with Crippen LogP contribution in [0.25, 0.3) is 0 Å². The van der Waals surface area contributed by atoms with Crippen LogP contribution >= 0.6 is 0 Å². The van der Waals surface area contributed by atoms with Crippen molar-refractivity contribution in [2.24, 2.45) is 5.92 Å². The van der Waals surface area contributed by atoms with Gasteiger partial charge in [0.25, 0.3) is 5.97 Å². The Balaban J connectivity index is 3.43. The highest BCUT2D eigenvalue weighted by Gasteiger charge is 2.15. The molecule has 0 atom stereocenters. The van der Waals surface area contributed by atoms with Crippen molar-refractivity contribution in [3.8, 4) is 0 Å². The Morgan fingerprint density at radius 2 is 2.20 bits per heavy atom. The molecule has 59 valence electrons. The number of carbonyl (C=O) groups excluding carboxylic acids is 1. The average molecular weight is 161 g/mol. The number of rotatable bonds is 3. The summed E-state index contributed by atoms with van der Waals surface area (Å²) in [7, 11) is -1.84. The van der Waals surface area contributed by atoms with Crippen molar-refractivity contribution >= 4 is 15.3 Å². The fourth-order valence-corrected chi connectivity index (χ4v) is 1.67. The van der Waals surface area contributed by atoms with Crippen molar-refractivity contribution in [3.05, 3.63) is 0 Å². The van der Waals surface area contributed by atoms with Crippen LogP contribution < -0.4 is 0 Å². The van der Waals surface area contributed by atoms with Gasteiger partial charge in [0.15, 0.2) is 0 Å². The van der Waals surface area contributed by atoms with Gasteiger partial charge >= 0.3 is 9.28 Å². The standard InChI is InChI=1S/C6H13O3Si/c1-5(2)4-10(8)9-6(3)7/h5,8H,4H2,1-3H3. The summed E-state index contributed by atoms with van der Waals surface area (Å²) < 4.78 is 4.58. The molecule has 0 unspecified atom stereocenters. The van der Waals surface area contributed by atoms with Crippen molar-refractivity contribution < 1.29 is 14.0 Å². The normalized spacial score (nSPS) is 10.6. The highest BCUT2D eigenvalue weighted by molar-refractivity contribution is 6.45. The monoisotopic (exact) mass is 161 g/mol. The van der Waals surface area contributed by atoms with Crippen molar-refractivity contribution in [2.75, 3.05) is 0 Å². The fourth-order valence-electron chi connectivity index (χ4n) is 0.557. The number of carbonyl (C=O) groups is 1. The molecule has 0 saturated heterocycles. The van der Waals surface area contributed by atoms with Gasteiger partial charge in [0, 0.05) is 13.0 Å². The molecule has 0 bridgehead atoms. The van der Waals surface area contributed by atoms with Crippen LogP contribution in [0.15, 0.2) is 0 Å². The van der Waals surface area contributed by atoms with E-state index in [2.05, 4.69) is 4.43 Å². The summed E-state index contributed by atoms with van der Waals surface area (Å²) in [6, 6.07) is 0.601. The van der Waals surface area contributed by atoms with E-state index in [0.717, 1.165) is 0 Å². The minimum Gasteiger partial charge on any atom is -0.492 e. The molecule has 3 nitrogen and oxygen atoms in total. The summed E-state index contributed by atoms with van der Waals surface area (Å²) in [6.07, 6.45) is 0. The molecule has 0 rings (SSSR count). The Hall–Kier alpha value is -0.353. The third-order valence-corrected chi connectivity index (χ3v) is 2.53. The van der Waals surface area contributed by atoms with E-state index in [-0.39, 0.29) is 0 Å². The summed E-state index contributed by atoms with van der Waals surface area (Å²) in [5.74, 6) is -0.00437. The van der Waals surface area contributed by atoms with Gasteiger partial charge in [-0.15, -0.1) is 0 Å². The molecule has 4 heteroatoms. The first kappa shape index (κ1) is 9.65. The van der Waals surface area contributed by atoms with Crippen LogP contribution in [0.3, 0.4) is 0 Å². The predicted molar refractivity (Wildman–Crippen MR) is 39.4 cm³/mol. The third kappa shape index (κ3) is 5.78. The van der Waals surface area contributed by atoms with Crippen molar-refractivity contribution in [1.29, 1.82) is 0 Å². The molecule has 0 aliphatic heterocycles. The van der Waals surface area contributed by atoms with Crippen LogP contribution in [0.1, 0.15) is 20.8 Å². The summed E-state index contributed by atoms with van der Waals surface area (Å²) in [5.41, 5.74) is 0. The molecule has 0 heterocycles. The molecule has 0 aliphatic carbocycles. The molecule has 10 heavy (non-hydrogen) atoms. The van der Waals surface area contributed by atoms with Crippen LogP contribution in [0.5, 0.6) is 0 Å². The van der Waals surface area contributed by atoms with Gasteiger partial charge in [0.05, 0.1) is 0 Å². The van der Waals surface area contributed by atoms with E-state index < -0.39 is 15.3 Å². The lowest BCUT2D eigenvalue weighted by atomic mass is 10.3. The van der Waals surface area contributed by atoms with Gasteiger partial charge in [-0.1, -0.05) is 13.8 Å². The van der Waals surface area contributed by atoms with Gasteiger partial charge in [-0.2, -0.15) is 0 Å². The van der Waals surface area contributed by atoms with E-state index >= 15 is 0 Å². The Kier molecular flexibility index (Phi) is 4.30. The van der Waals surface area contributed by atoms with Crippen LogP contribution in [0, 0.1) is 5.92 Å². The number of hydrogen-bond donors (Lipinski definition) is 1. The van der Waals surface area contributed by atoms with Crippen molar-refractivity contribution in [3.63, 3.8) is 0 Å². The molecule has 0 aromatic heterocycles. The minimum atomic E-state index is -1.84. The first-order chi connectivity index (χ1) is 4.52. The zero-order valence-corrected chi connectivity index (χ0v) is 7.55. The Bertz CT molecular complexity index is 114. The second-order valence-corrected chi connectivity index (χ2v) is 3.99. The second-order valence-electron chi connectivity index (χ2n) is 2.59. The minimum absolute atomic E-state index is 0.387. The van der Waals surface area contributed by atoms with Gasteiger partial charge in [0.1, 0.15) is 0 Å². The lowest BCUT2D eigenvalue weighted by Gasteiger charge is -2.07. The van der Waals surface area contributed by atoms with Crippen LogP contribution in [0.2, 0.25) is 6.04 Å². The van der Waals surface area contributed by atoms with Gasteiger partial charge < -0.3 is 9.22 Å². The Labute approximate surface area is 62.9 Å². The SMILES string of the molecule is CC(=O)O[Si](O)CC(C)C. The first-order valence-corrected chi connectivity index (χ1v) is 4.82. The van der Waals surface area contributed by atoms with E-state index in [9.17, 15) is 4.79 Å². The summed E-state index contributed by atoms with van der Waals surface area (Å²) in [4.78, 5) is 19.3. The topological polar surface area (TPSA) is 46.5 Å². The maximum atomic E-state index is 10.3. The second kappa shape index (κ2) is 4.46. The molecular formula is C6H13O3Si. The molecule has 0 aromatic carbocycles. The van der Waals surface area contributed by atoms with Gasteiger partial charge in [-0.05, 0) is 5.92 Å². The smallest absolute Gasteiger partial charge is 0.457 e. The van der Waals surface area contributed by atoms with E-state index in [1.165, 1.54) is 6.92 Å². The molecule has 1 radical (unpaired) electrons. The van der Waals surface area contributed by atoms with Gasteiger partial charge in [0.2, 0.25) is 0 Å². The fraction of sp³-hybridized carbons (Fsp3) is 0.833. The maximum absolute atomic E-state index is 10.3. The zero-order chi connectivity index (χ0) is 8.15. The molecule has 0 saturated carbocycles. The molecule has 0 amide bonds. The third-order valence-electron chi connectivity index (χ3n) is 0.844. The summed E-state index contributed by atoms with van der Waals surface area (Å²) >= 11 is 0. The molecule has 0 spiro atoms. The lowest BCUT2D eigenvalue weighted by molar-refractivity contribution is -0.133. The van der Waals surface area contributed by atoms with E-state index in [4.69, 9.17) is 4.80 Å².